The van der Waals surface area contributed by atoms with E-state index in [0.29, 0.717) is 0 Å². The van der Waals surface area contributed by atoms with Gasteiger partial charge in [0.2, 0.25) is 0 Å². The number of hydrogen-bond acceptors (Lipinski definition) is 0. The van der Waals surface area contributed by atoms with E-state index in [-0.39, 0.29) is 0 Å². The molecule has 2 rings (SSSR count). The number of aryl methyl sites for hydroxylation is 1. The average molecular weight is 301 g/mol. The Bertz CT molecular complexity index is 387. The van der Waals surface area contributed by atoms with Crippen molar-refractivity contribution in [2.75, 3.05) is 0 Å². The Morgan fingerprint density at radius 3 is 2.14 bits per heavy atom. The SMILES string of the molecule is CCCCCCCCCCc1ccccc1C1CCCCC1. The Kier molecular flexibility index (Phi) is 8.68. The van der Waals surface area contributed by atoms with E-state index in [1.54, 1.807) is 11.1 Å². The summed E-state index contributed by atoms with van der Waals surface area (Å²) in [6.07, 6.45) is 19.9. The van der Waals surface area contributed by atoms with Crippen molar-refractivity contribution in [1.29, 1.82) is 0 Å². The van der Waals surface area contributed by atoms with Gasteiger partial charge in [0.15, 0.2) is 0 Å². The average Bonchev–Trinajstić information content (AvgIpc) is 2.58. The van der Waals surface area contributed by atoms with Crippen LogP contribution in [0, 0.1) is 0 Å². The first kappa shape index (κ1) is 17.6. The Morgan fingerprint density at radius 1 is 0.773 bits per heavy atom. The molecule has 22 heavy (non-hydrogen) atoms. The van der Waals surface area contributed by atoms with E-state index in [4.69, 9.17) is 0 Å². The second kappa shape index (κ2) is 10.9. The van der Waals surface area contributed by atoms with Crippen molar-refractivity contribution < 1.29 is 0 Å². The van der Waals surface area contributed by atoms with Crippen LogP contribution in [0.25, 0.3) is 0 Å². The van der Waals surface area contributed by atoms with E-state index >= 15 is 0 Å². The Labute approximate surface area is 138 Å². The lowest BCUT2D eigenvalue weighted by Gasteiger charge is -2.24. The smallest absolute Gasteiger partial charge is 0.0159 e. The number of hydrogen-bond donors (Lipinski definition) is 0. The lowest BCUT2D eigenvalue weighted by atomic mass is 9.81. The van der Waals surface area contributed by atoms with Crippen LogP contribution >= 0.6 is 0 Å². The van der Waals surface area contributed by atoms with Gasteiger partial charge in [-0.15, -0.1) is 0 Å². The zero-order valence-corrected chi connectivity index (χ0v) is 14.8. The van der Waals surface area contributed by atoms with Crippen LogP contribution in [0.15, 0.2) is 24.3 Å². The minimum absolute atomic E-state index is 0.860. The summed E-state index contributed by atoms with van der Waals surface area (Å²) in [6.45, 7) is 2.30. The van der Waals surface area contributed by atoms with Gasteiger partial charge in [-0.05, 0) is 42.7 Å². The molecular weight excluding hydrogens is 264 g/mol. The molecule has 0 amide bonds. The van der Waals surface area contributed by atoms with Gasteiger partial charge in [-0.2, -0.15) is 0 Å². The molecule has 0 heterocycles. The summed E-state index contributed by atoms with van der Waals surface area (Å²) < 4.78 is 0. The third-order valence-electron chi connectivity index (χ3n) is 5.40. The standard InChI is InChI=1S/C22H36/c1-2-3-4-5-6-7-8-10-15-21-18-13-14-19-22(21)20-16-11-9-12-17-20/h13-14,18-20H,2-12,15-17H2,1H3. The molecule has 0 aromatic heterocycles. The van der Waals surface area contributed by atoms with Crippen LogP contribution in [0.5, 0.6) is 0 Å². The van der Waals surface area contributed by atoms with Gasteiger partial charge in [-0.25, -0.2) is 0 Å². The molecule has 1 saturated carbocycles. The lowest BCUT2D eigenvalue weighted by molar-refractivity contribution is 0.441. The highest BCUT2D eigenvalue weighted by Gasteiger charge is 2.17. The number of rotatable bonds is 10. The maximum atomic E-state index is 2.41. The molecule has 1 fully saturated rings. The first-order chi connectivity index (χ1) is 10.9. The normalized spacial score (nSPS) is 16.0. The van der Waals surface area contributed by atoms with Crippen LogP contribution in [0.4, 0.5) is 0 Å². The molecule has 0 N–H and O–H groups in total. The Balaban J connectivity index is 1.69. The number of benzene rings is 1. The predicted octanol–water partition coefficient (Wildman–Crippen LogP) is 7.42. The van der Waals surface area contributed by atoms with E-state index in [0.717, 1.165) is 5.92 Å². The molecule has 0 heteroatoms. The molecule has 1 aromatic rings. The molecule has 1 aliphatic rings. The first-order valence-electron chi connectivity index (χ1n) is 9.99. The summed E-state index contributed by atoms with van der Waals surface area (Å²) in [5.74, 6) is 0.860. The van der Waals surface area contributed by atoms with E-state index in [2.05, 4.69) is 31.2 Å². The molecule has 0 aliphatic heterocycles. The molecular formula is C22H36. The Morgan fingerprint density at radius 2 is 1.41 bits per heavy atom. The van der Waals surface area contributed by atoms with Crippen LogP contribution in [0.1, 0.15) is 107 Å². The summed E-state index contributed by atoms with van der Waals surface area (Å²) in [4.78, 5) is 0. The maximum absolute atomic E-state index is 2.41. The van der Waals surface area contributed by atoms with Crippen molar-refractivity contribution in [2.45, 2.75) is 103 Å². The maximum Gasteiger partial charge on any atom is -0.0159 e. The van der Waals surface area contributed by atoms with Gasteiger partial charge >= 0.3 is 0 Å². The molecule has 1 aromatic carbocycles. The molecule has 0 bridgehead atoms. The third-order valence-corrected chi connectivity index (χ3v) is 5.40. The van der Waals surface area contributed by atoms with Crippen molar-refractivity contribution in [3.63, 3.8) is 0 Å². The highest BCUT2D eigenvalue weighted by atomic mass is 14.2. The van der Waals surface area contributed by atoms with Gasteiger partial charge in [0.25, 0.3) is 0 Å². The van der Waals surface area contributed by atoms with Crippen LogP contribution in [0.3, 0.4) is 0 Å². The lowest BCUT2D eigenvalue weighted by Crippen LogP contribution is -2.07. The van der Waals surface area contributed by atoms with E-state index in [1.165, 1.54) is 89.9 Å². The molecule has 0 spiro atoms. The fourth-order valence-corrected chi connectivity index (χ4v) is 4.02. The largest absolute Gasteiger partial charge is 0.0654 e. The van der Waals surface area contributed by atoms with Crippen molar-refractivity contribution in [3.05, 3.63) is 35.4 Å². The van der Waals surface area contributed by atoms with Crippen molar-refractivity contribution in [3.8, 4) is 0 Å². The molecule has 124 valence electrons. The molecule has 0 nitrogen and oxygen atoms in total. The van der Waals surface area contributed by atoms with Crippen molar-refractivity contribution in [2.24, 2.45) is 0 Å². The summed E-state index contributed by atoms with van der Waals surface area (Å²) in [5, 5.41) is 0. The second-order valence-corrected chi connectivity index (χ2v) is 7.26. The topological polar surface area (TPSA) is 0 Å². The van der Waals surface area contributed by atoms with Gasteiger partial charge < -0.3 is 0 Å². The van der Waals surface area contributed by atoms with E-state index < -0.39 is 0 Å². The Hall–Kier alpha value is -0.780. The molecule has 0 saturated heterocycles. The molecule has 1 aliphatic carbocycles. The minimum Gasteiger partial charge on any atom is -0.0654 e. The molecule has 0 radical (unpaired) electrons. The zero-order chi connectivity index (χ0) is 15.5. The monoisotopic (exact) mass is 300 g/mol. The van der Waals surface area contributed by atoms with Gasteiger partial charge in [-0.1, -0.05) is 95.4 Å². The summed E-state index contributed by atoms with van der Waals surface area (Å²) in [5.41, 5.74) is 3.34. The van der Waals surface area contributed by atoms with Crippen LogP contribution in [-0.4, -0.2) is 0 Å². The summed E-state index contributed by atoms with van der Waals surface area (Å²) in [7, 11) is 0. The van der Waals surface area contributed by atoms with Crippen molar-refractivity contribution in [1.82, 2.24) is 0 Å². The quantitative estimate of drug-likeness (QED) is 0.394. The second-order valence-electron chi connectivity index (χ2n) is 7.26. The van der Waals surface area contributed by atoms with Crippen LogP contribution in [-0.2, 0) is 6.42 Å². The predicted molar refractivity (Wildman–Crippen MR) is 98.6 cm³/mol. The molecule has 0 unspecified atom stereocenters. The van der Waals surface area contributed by atoms with Gasteiger partial charge in [0.1, 0.15) is 0 Å². The van der Waals surface area contributed by atoms with Crippen LogP contribution < -0.4 is 0 Å². The van der Waals surface area contributed by atoms with Gasteiger partial charge in [0, 0.05) is 0 Å². The number of unbranched alkanes of at least 4 members (excludes halogenated alkanes) is 7. The van der Waals surface area contributed by atoms with Gasteiger partial charge in [-0.3, -0.25) is 0 Å². The fraction of sp³-hybridized carbons (Fsp3) is 0.727. The minimum atomic E-state index is 0.860. The third kappa shape index (κ3) is 6.15. The highest BCUT2D eigenvalue weighted by molar-refractivity contribution is 5.30. The van der Waals surface area contributed by atoms with Crippen molar-refractivity contribution >= 4 is 0 Å². The zero-order valence-electron chi connectivity index (χ0n) is 14.8. The first-order valence-corrected chi connectivity index (χ1v) is 9.99. The fourth-order valence-electron chi connectivity index (χ4n) is 4.02. The van der Waals surface area contributed by atoms with Gasteiger partial charge in [0.05, 0.1) is 0 Å². The molecule has 0 atom stereocenters. The summed E-state index contributed by atoms with van der Waals surface area (Å²) >= 11 is 0. The van der Waals surface area contributed by atoms with Crippen LogP contribution in [0.2, 0.25) is 0 Å². The van der Waals surface area contributed by atoms with E-state index in [9.17, 15) is 0 Å². The highest BCUT2D eigenvalue weighted by Crippen LogP contribution is 2.34. The van der Waals surface area contributed by atoms with E-state index in [1.807, 2.05) is 0 Å². The summed E-state index contributed by atoms with van der Waals surface area (Å²) in [6, 6.07) is 9.30.